The number of likely N-dealkylation sites (tertiary alicyclic amines) is 1. The van der Waals surface area contributed by atoms with Crippen molar-refractivity contribution in [2.75, 3.05) is 19.6 Å². The van der Waals surface area contributed by atoms with Gasteiger partial charge in [0.2, 0.25) is 5.91 Å². The molecule has 0 spiro atoms. The lowest BCUT2D eigenvalue weighted by molar-refractivity contribution is -0.127. The highest BCUT2D eigenvalue weighted by atomic mass is 16.2. The average Bonchev–Trinajstić information content (AvgIpc) is 3.23. The highest BCUT2D eigenvalue weighted by molar-refractivity contribution is 5.77. The lowest BCUT2D eigenvalue weighted by Crippen LogP contribution is -2.39. The van der Waals surface area contributed by atoms with Crippen LogP contribution in [0.3, 0.4) is 0 Å². The molecule has 1 aromatic heterocycles. The summed E-state index contributed by atoms with van der Waals surface area (Å²) in [6.45, 7) is 6.78. The largest absolute Gasteiger partial charge is 0.343 e. The molecule has 0 N–H and O–H groups in total. The van der Waals surface area contributed by atoms with Gasteiger partial charge in [0, 0.05) is 45.3 Å². The summed E-state index contributed by atoms with van der Waals surface area (Å²) in [6.07, 6.45) is 4.61. The summed E-state index contributed by atoms with van der Waals surface area (Å²) in [5.74, 6) is 0.313. The SMILES string of the molecule is Cc1ccc(CN2Cc3ccnn3[C@H](CCN3CCCC3=O)C2)cc1. The number of aryl methyl sites for hydroxylation is 1. The molecule has 1 atom stereocenters. The molecule has 0 unspecified atom stereocenters. The summed E-state index contributed by atoms with van der Waals surface area (Å²) in [7, 11) is 0. The van der Waals surface area contributed by atoms with Crippen molar-refractivity contribution in [3.8, 4) is 0 Å². The van der Waals surface area contributed by atoms with E-state index in [0.29, 0.717) is 11.9 Å². The first-order chi connectivity index (χ1) is 12.2. The monoisotopic (exact) mass is 338 g/mol. The van der Waals surface area contributed by atoms with E-state index in [1.165, 1.54) is 16.8 Å². The molecule has 5 nitrogen and oxygen atoms in total. The number of nitrogens with zero attached hydrogens (tertiary/aromatic N) is 4. The lowest BCUT2D eigenvalue weighted by Gasteiger charge is -2.34. The molecule has 5 heteroatoms. The van der Waals surface area contributed by atoms with E-state index in [1.54, 1.807) is 0 Å². The maximum atomic E-state index is 11.9. The van der Waals surface area contributed by atoms with Crippen molar-refractivity contribution in [2.45, 2.75) is 45.3 Å². The highest BCUT2D eigenvalue weighted by Crippen LogP contribution is 2.25. The van der Waals surface area contributed by atoms with Crippen molar-refractivity contribution >= 4 is 5.91 Å². The Morgan fingerprint density at radius 3 is 2.80 bits per heavy atom. The molecule has 1 amide bonds. The van der Waals surface area contributed by atoms with Gasteiger partial charge in [-0.05, 0) is 31.4 Å². The number of hydrogen-bond donors (Lipinski definition) is 0. The van der Waals surface area contributed by atoms with Crippen LogP contribution in [0.15, 0.2) is 36.5 Å². The zero-order chi connectivity index (χ0) is 17.2. The molecule has 0 saturated carbocycles. The standard InChI is InChI=1S/C20H26N4O/c1-16-4-6-17(7-5-16)13-22-14-18-8-10-21-24(18)19(15-22)9-12-23-11-2-3-20(23)25/h4-8,10,19H,2-3,9,11-15H2,1H3/t19-/m1/s1. The molecule has 4 rings (SSSR count). The number of rotatable bonds is 5. The van der Waals surface area contributed by atoms with Crippen molar-refractivity contribution in [1.82, 2.24) is 19.6 Å². The molecule has 0 aliphatic carbocycles. The minimum absolute atomic E-state index is 0.313. The quantitative estimate of drug-likeness (QED) is 0.842. The summed E-state index contributed by atoms with van der Waals surface area (Å²) in [5.41, 5.74) is 3.93. The van der Waals surface area contributed by atoms with E-state index in [1.807, 2.05) is 11.1 Å². The molecular weight excluding hydrogens is 312 g/mol. The van der Waals surface area contributed by atoms with Crippen LogP contribution in [0, 0.1) is 6.92 Å². The second kappa shape index (κ2) is 7.00. The fraction of sp³-hybridized carbons (Fsp3) is 0.500. The van der Waals surface area contributed by atoms with E-state index < -0.39 is 0 Å². The van der Waals surface area contributed by atoms with Crippen LogP contribution in [0.4, 0.5) is 0 Å². The molecule has 1 fully saturated rings. The number of hydrogen-bond acceptors (Lipinski definition) is 3. The van der Waals surface area contributed by atoms with Gasteiger partial charge in [-0.25, -0.2) is 0 Å². The molecule has 1 aromatic carbocycles. The van der Waals surface area contributed by atoms with Gasteiger partial charge >= 0.3 is 0 Å². The van der Waals surface area contributed by atoms with Crippen molar-refractivity contribution in [2.24, 2.45) is 0 Å². The third-order valence-corrected chi connectivity index (χ3v) is 5.38. The van der Waals surface area contributed by atoms with Gasteiger partial charge in [-0.3, -0.25) is 14.4 Å². The number of aromatic nitrogens is 2. The minimum Gasteiger partial charge on any atom is -0.343 e. The van der Waals surface area contributed by atoms with Gasteiger partial charge in [0.15, 0.2) is 0 Å². The summed E-state index contributed by atoms with van der Waals surface area (Å²) in [6, 6.07) is 11.3. The topological polar surface area (TPSA) is 41.4 Å². The molecule has 3 heterocycles. The first-order valence-electron chi connectivity index (χ1n) is 9.27. The molecule has 2 aliphatic rings. The van der Waals surface area contributed by atoms with Gasteiger partial charge in [-0.1, -0.05) is 29.8 Å². The first kappa shape index (κ1) is 16.3. The van der Waals surface area contributed by atoms with Crippen molar-refractivity contribution < 1.29 is 4.79 Å². The fourth-order valence-electron chi connectivity index (χ4n) is 4.00. The van der Waals surface area contributed by atoms with Crippen LogP contribution in [-0.4, -0.2) is 45.1 Å². The highest BCUT2D eigenvalue weighted by Gasteiger charge is 2.27. The van der Waals surface area contributed by atoms with Gasteiger partial charge in [0.25, 0.3) is 0 Å². The molecule has 132 valence electrons. The third-order valence-electron chi connectivity index (χ3n) is 5.38. The predicted molar refractivity (Wildman–Crippen MR) is 97.0 cm³/mol. The lowest BCUT2D eigenvalue weighted by atomic mass is 10.1. The number of amides is 1. The Morgan fingerprint density at radius 2 is 2.04 bits per heavy atom. The Balaban J connectivity index is 1.43. The van der Waals surface area contributed by atoms with Crippen LogP contribution in [0.1, 0.15) is 42.1 Å². The maximum Gasteiger partial charge on any atom is 0.222 e. The summed E-state index contributed by atoms with van der Waals surface area (Å²) < 4.78 is 2.17. The average molecular weight is 338 g/mol. The molecule has 0 bridgehead atoms. The van der Waals surface area contributed by atoms with E-state index in [0.717, 1.165) is 52.0 Å². The smallest absolute Gasteiger partial charge is 0.222 e. The van der Waals surface area contributed by atoms with E-state index in [9.17, 15) is 4.79 Å². The molecule has 1 saturated heterocycles. The van der Waals surface area contributed by atoms with Gasteiger partial charge in [-0.2, -0.15) is 5.10 Å². The Hall–Kier alpha value is -2.14. The van der Waals surface area contributed by atoms with Crippen LogP contribution in [-0.2, 0) is 17.9 Å². The molecular formula is C20H26N4O. The van der Waals surface area contributed by atoms with E-state index in [-0.39, 0.29) is 0 Å². The second-order valence-electron chi connectivity index (χ2n) is 7.35. The zero-order valence-electron chi connectivity index (χ0n) is 14.9. The van der Waals surface area contributed by atoms with Crippen LogP contribution >= 0.6 is 0 Å². The number of carbonyl (C=O) groups is 1. The maximum absolute atomic E-state index is 11.9. The zero-order valence-corrected chi connectivity index (χ0v) is 14.9. The molecule has 2 aromatic rings. The Labute approximate surface area is 149 Å². The van der Waals surface area contributed by atoms with E-state index >= 15 is 0 Å². The van der Waals surface area contributed by atoms with Gasteiger partial charge in [0.05, 0.1) is 11.7 Å². The summed E-state index contributed by atoms with van der Waals surface area (Å²) in [5, 5.41) is 4.54. The Morgan fingerprint density at radius 1 is 1.20 bits per heavy atom. The normalized spacial score (nSPS) is 20.9. The predicted octanol–water partition coefficient (Wildman–Crippen LogP) is 2.76. The van der Waals surface area contributed by atoms with E-state index in [2.05, 4.69) is 51.9 Å². The van der Waals surface area contributed by atoms with Crippen LogP contribution in [0.25, 0.3) is 0 Å². The van der Waals surface area contributed by atoms with E-state index in [4.69, 9.17) is 0 Å². The van der Waals surface area contributed by atoms with Crippen molar-refractivity contribution in [1.29, 1.82) is 0 Å². The Bertz CT molecular complexity index is 736. The molecule has 25 heavy (non-hydrogen) atoms. The van der Waals surface area contributed by atoms with Crippen LogP contribution < -0.4 is 0 Å². The van der Waals surface area contributed by atoms with Crippen LogP contribution in [0.2, 0.25) is 0 Å². The first-order valence-corrected chi connectivity index (χ1v) is 9.27. The third kappa shape index (κ3) is 3.61. The second-order valence-corrected chi connectivity index (χ2v) is 7.35. The van der Waals surface area contributed by atoms with Crippen molar-refractivity contribution in [3.63, 3.8) is 0 Å². The number of fused-ring (bicyclic) bond motifs is 1. The van der Waals surface area contributed by atoms with Gasteiger partial charge < -0.3 is 4.90 Å². The minimum atomic E-state index is 0.313. The van der Waals surface area contributed by atoms with Gasteiger partial charge in [-0.15, -0.1) is 0 Å². The van der Waals surface area contributed by atoms with Gasteiger partial charge in [0.1, 0.15) is 0 Å². The fourth-order valence-corrected chi connectivity index (χ4v) is 4.00. The summed E-state index contributed by atoms with van der Waals surface area (Å²) >= 11 is 0. The molecule has 0 radical (unpaired) electrons. The Kier molecular flexibility index (Phi) is 4.57. The number of benzene rings is 1. The molecule has 2 aliphatic heterocycles. The van der Waals surface area contributed by atoms with Crippen LogP contribution in [0.5, 0.6) is 0 Å². The summed E-state index contributed by atoms with van der Waals surface area (Å²) in [4.78, 5) is 16.4. The van der Waals surface area contributed by atoms with Crippen molar-refractivity contribution in [3.05, 3.63) is 53.3 Å². The number of carbonyl (C=O) groups excluding carboxylic acids is 1.